The van der Waals surface area contributed by atoms with Crippen molar-refractivity contribution in [1.82, 2.24) is 4.90 Å². The first kappa shape index (κ1) is 20.1. The Morgan fingerprint density at radius 1 is 1.17 bits per heavy atom. The Kier molecular flexibility index (Phi) is 6.49. The highest BCUT2D eigenvalue weighted by molar-refractivity contribution is 5.73. The molecule has 0 aromatic rings. The van der Waals surface area contributed by atoms with Gasteiger partial charge in [-0.2, -0.15) is 0 Å². The van der Waals surface area contributed by atoms with Crippen LogP contribution in [0.25, 0.3) is 10.4 Å². The zero-order chi connectivity index (χ0) is 18.5. The molecule has 0 aromatic carbocycles. The van der Waals surface area contributed by atoms with E-state index in [9.17, 15) is 9.59 Å². The summed E-state index contributed by atoms with van der Waals surface area (Å²) in [6, 6.07) is -0.639. The van der Waals surface area contributed by atoms with E-state index in [0.717, 1.165) is 0 Å². The van der Waals surface area contributed by atoms with Crippen LogP contribution in [0.2, 0.25) is 0 Å². The molecule has 0 bridgehead atoms. The summed E-state index contributed by atoms with van der Waals surface area (Å²) in [4.78, 5) is 28.9. The van der Waals surface area contributed by atoms with Gasteiger partial charge in [-0.15, -0.1) is 0 Å². The number of hydrogen-bond donors (Lipinski definition) is 0. The molecule has 0 saturated carbocycles. The van der Waals surface area contributed by atoms with E-state index in [4.69, 9.17) is 15.0 Å². The normalized spacial score (nSPS) is 21.7. The second-order valence-electron chi connectivity index (χ2n) is 8.00. The molecule has 0 spiro atoms. The average molecular weight is 340 g/mol. The smallest absolute Gasteiger partial charge is 0.410 e. The molecule has 1 rings (SSSR count). The summed E-state index contributed by atoms with van der Waals surface area (Å²) >= 11 is 0. The third-order valence-electron chi connectivity index (χ3n) is 3.35. The monoisotopic (exact) mass is 340 g/mol. The molecule has 0 unspecified atom stereocenters. The summed E-state index contributed by atoms with van der Waals surface area (Å²) in [7, 11) is 0. The van der Waals surface area contributed by atoms with Crippen LogP contribution in [0, 0.1) is 0 Å². The second-order valence-corrected chi connectivity index (χ2v) is 8.00. The maximum absolute atomic E-state index is 12.4. The maximum atomic E-state index is 12.4. The van der Waals surface area contributed by atoms with E-state index in [1.165, 1.54) is 0 Å². The molecule has 136 valence electrons. The minimum absolute atomic E-state index is 0.0496. The maximum Gasteiger partial charge on any atom is 0.410 e. The molecular formula is C16H28N4O4. The molecule has 1 saturated heterocycles. The third-order valence-corrected chi connectivity index (χ3v) is 3.35. The van der Waals surface area contributed by atoms with E-state index in [1.54, 1.807) is 46.4 Å². The Morgan fingerprint density at radius 3 is 2.25 bits per heavy atom. The summed E-state index contributed by atoms with van der Waals surface area (Å²) in [6.07, 6.45) is 0.556. The van der Waals surface area contributed by atoms with E-state index in [1.807, 2.05) is 0 Å². The van der Waals surface area contributed by atoms with Crippen LogP contribution in [0.3, 0.4) is 0 Å². The lowest BCUT2D eigenvalue weighted by Gasteiger charge is -2.38. The Hall–Kier alpha value is -1.95. The van der Waals surface area contributed by atoms with Crippen molar-refractivity contribution in [2.24, 2.45) is 5.11 Å². The zero-order valence-electron chi connectivity index (χ0n) is 15.4. The Bertz CT molecular complexity index is 515. The van der Waals surface area contributed by atoms with Gasteiger partial charge >= 0.3 is 12.1 Å². The number of esters is 1. The van der Waals surface area contributed by atoms with Crippen LogP contribution in [0.5, 0.6) is 0 Å². The minimum atomic E-state index is -0.616. The molecule has 8 heteroatoms. The first-order chi connectivity index (χ1) is 10.9. The molecule has 1 fully saturated rings. The largest absolute Gasteiger partial charge is 0.460 e. The van der Waals surface area contributed by atoms with Gasteiger partial charge in [-0.05, 0) is 59.9 Å². The standard InChI is InChI=1S/C16H28N4O4/c1-15(2,3)23-13(21)10-12-9-11(18-19-17)7-8-20(12)14(22)24-16(4,5)6/h11-12H,7-10H2,1-6H3/t11-,12-/m0/s1. The van der Waals surface area contributed by atoms with Crippen molar-refractivity contribution in [2.45, 2.75) is 84.1 Å². The fourth-order valence-electron chi connectivity index (χ4n) is 2.54. The summed E-state index contributed by atoms with van der Waals surface area (Å²) < 4.78 is 10.8. The highest BCUT2D eigenvalue weighted by Crippen LogP contribution is 2.26. The molecule has 0 N–H and O–H groups in total. The molecule has 2 atom stereocenters. The average Bonchev–Trinajstić information content (AvgIpc) is 2.34. The molecule has 0 aliphatic carbocycles. The van der Waals surface area contributed by atoms with Gasteiger partial charge in [0.05, 0.1) is 6.42 Å². The van der Waals surface area contributed by atoms with Gasteiger partial charge in [0.25, 0.3) is 0 Å². The number of rotatable bonds is 3. The Morgan fingerprint density at radius 2 is 1.75 bits per heavy atom. The van der Waals surface area contributed by atoms with Gasteiger partial charge in [0.15, 0.2) is 0 Å². The number of carbonyl (C=O) groups excluding carboxylic acids is 2. The summed E-state index contributed by atoms with van der Waals surface area (Å²) in [5.41, 5.74) is 7.42. The highest BCUT2D eigenvalue weighted by Gasteiger charge is 2.36. The lowest BCUT2D eigenvalue weighted by Crippen LogP contribution is -2.50. The molecule has 24 heavy (non-hydrogen) atoms. The van der Waals surface area contributed by atoms with Crippen LogP contribution in [0.15, 0.2) is 5.11 Å². The van der Waals surface area contributed by atoms with Crippen molar-refractivity contribution >= 4 is 12.1 Å². The lowest BCUT2D eigenvalue weighted by atomic mass is 9.95. The molecule has 0 aromatic heterocycles. The Labute approximate surface area is 143 Å². The van der Waals surface area contributed by atoms with Gasteiger partial charge in [0.2, 0.25) is 0 Å². The van der Waals surface area contributed by atoms with Gasteiger partial charge in [-0.25, -0.2) is 4.79 Å². The number of ether oxygens (including phenoxy) is 2. The van der Waals surface area contributed by atoms with Crippen LogP contribution in [0.1, 0.15) is 60.8 Å². The fourth-order valence-corrected chi connectivity index (χ4v) is 2.54. The van der Waals surface area contributed by atoms with Crippen molar-refractivity contribution in [3.63, 3.8) is 0 Å². The first-order valence-corrected chi connectivity index (χ1v) is 8.17. The van der Waals surface area contributed by atoms with Gasteiger partial charge in [-0.3, -0.25) is 4.79 Å². The first-order valence-electron chi connectivity index (χ1n) is 8.17. The number of nitrogens with zero attached hydrogens (tertiary/aromatic N) is 4. The minimum Gasteiger partial charge on any atom is -0.460 e. The molecule has 0 radical (unpaired) electrons. The second kappa shape index (κ2) is 7.75. The van der Waals surface area contributed by atoms with Crippen LogP contribution in [0.4, 0.5) is 4.79 Å². The van der Waals surface area contributed by atoms with E-state index in [0.29, 0.717) is 19.4 Å². The van der Waals surface area contributed by atoms with Crippen molar-refractivity contribution in [2.75, 3.05) is 6.54 Å². The molecule has 1 heterocycles. The van der Waals surface area contributed by atoms with Gasteiger partial charge < -0.3 is 14.4 Å². The van der Waals surface area contributed by atoms with E-state index in [2.05, 4.69) is 10.0 Å². The fraction of sp³-hybridized carbons (Fsp3) is 0.875. The number of azide groups is 1. The molecule has 8 nitrogen and oxygen atoms in total. The van der Waals surface area contributed by atoms with Gasteiger partial charge in [0, 0.05) is 23.5 Å². The predicted octanol–water partition coefficient (Wildman–Crippen LogP) is 3.80. The number of likely N-dealkylation sites (tertiary alicyclic amines) is 1. The Balaban J connectivity index is 2.85. The van der Waals surface area contributed by atoms with Gasteiger partial charge in [0.1, 0.15) is 11.2 Å². The van der Waals surface area contributed by atoms with Crippen molar-refractivity contribution in [1.29, 1.82) is 0 Å². The van der Waals surface area contributed by atoms with Crippen LogP contribution in [-0.2, 0) is 14.3 Å². The number of piperidine rings is 1. The predicted molar refractivity (Wildman–Crippen MR) is 89.4 cm³/mol. The number of amides is 1. The van der Waals surface area contributed by atoms with Gasteiger partial charge in [-0.1, -0.05) is 5.11 Å². The topological polar surface area (TPSA) is 105 Å². The van der Waals surface area contributed by atoms with E-state index >= 15 is 0 Å². The summed E-state index contributed by atoms with van der Waals surface area (Å²) in [5, 5.41) is 3.73. The zero-order valence-corrected chi connectivity index (χ0v) is 15.4. The molecule has 1 aliphatic heterocycles. The van der Waals surface area contributed by atoms with Crippen LogP contribution >= 0.6 is 0 Å². The molecule has 1 amide bonds. The lowest BCUT2D eigenvalue weighted by molar-refractivity contribution is -0.156. The molecule has 1 aliphatic rings. The highest BCUT2D eigenvalue weighted by atomic mass is 16.6. The summed E-state index contributed by atoms with van der Waals surface area (Å²) in [6.45, 7) is 11.1. The van der Waals surface area contributed by atoms with Crippen molar-refractivity contribution in [3.05, 3.63) is 10.4 Å². The van der Waals surface area contributed by atoms with Crippen LogP contribution in [-0.4, -0.2) is 46.8 Å². The summed E-state index contributed by atoms with van der Waals surface area (Å²) in [5.74, 6) is -0.386. The van der Waals surface area contributed by atoms with Crippen LogP contribution < -0.4 is 0 Å². The van der Waals surface area contributed by atoms with Crippen molar-refractivity contribution < 1.29 is 19.1 Å². The number of carbonyl (C=O) groups is 2. The number of hydrogen-bond acceptors (Lipinski definition) is 5. The van der Waals surface area contributed by atoms with E-state index in [-0.39, 0.29) is 18.4 Å². The molecular weight excluding hydrogens is 312 g/mol. The quantitative estimate of drug-likeness (QED) is 0.337. The van der Waals surface area contributed by atoms with E-state index < -0.39 is 23.3 Å². The SMILES string of the molecule is CC(C)(C)OC(=O)C[C@@H]1C[C@@H](N=[N+]=[N-])CCN1C(=O)OC(C)(C)C. The third kappa shape index (κ3) is 7.08. The van der Waals surface area contributed by atoms with Crippen molar-refractivity contribution in [3.8, 4) is 0 Å².